The molecule has 0 aromatic heterocycles. The van der Waals surface area contributed by atoms with Crippen molar-refractivity contribution >= 4 is 0 Å². The molecule has 0 unspecified atom stereocenters. The Balaban J connectivity index is 0. The summed E-state index contributed by atoms with van der Waals surface area (Å²) in [6, 6.07) is 0. The van der Waals surface area contributed by atoms with Crippen LogP contribution in [0, 0.1) is 5.92 Å². The second-order valence-corrected chi connectivity index (χ2v) is 3.27. The smallest absolute Gasteiger partial charge is 0.00773 e. The molecule has 0 heterocycles. The van der Waals surface area contributed by atoms with E-state index in [1.54, 1.807) is 0 Å². The Kier molecular flexibility index (Phi) is 15.8. The van der Waals surface area contributed by atoms with Crippen LogP contribution < -0.4 is 5.73 Å². The van der Waals surface area contributed by atoms with E-state index in [1.165, 1.54) is 19.3 Å². The van der Waals surface area contributed by atoms with Crippen LogP contribution in [0.5, 0.6) is 0 Å². The molecule has 0 aromatic rings. The van der Waals surface area contributed by atoms with Crippen LogP contribution in [-0.2, 0) is 0 Å². The number of unbranched alkanes of at least 4 members (excludes halogenated alkanes) is 2. The van der Waals surface area contributed by atoms with E-state index >= 15 is 0 Å². The fourth-order valence-electron chi connectivity index (χ4n) is 0.779. The van der Waals surface area contributed by atoms with Gasteiger partial charge in [-0.1, -0.05) is 45.8 Å². The van der Waals surface area contributed by atoms with Crippen molar-refractivity contribution in [1.29, 1.82) is 0 Å². The van der Waals surface area contributed by atoms with Gasteiger partial charge in [-0.25, -0.2) is 0 Å². The highest BCUT2D eigenvalue weighted by Crippen LogP contribution is 1.90. The van der Waals surface area contributed by atoms with Gasteiger partial charge in [0.25, 0.3) is 0 Å². The summed E-state index contributed by atoms with van der Waals surface area (Å²) in [5, 5.41) is 0. The van der Waals surface area contributed by atoms with Crippen LogP contribution in [-0.4, -0.2) is 6.54 Å². The van der Waals surface area contributed by atoms with E-state index in [-0.39, 0.29) is 0 Å². The lowest BCUT2D eigenvalue weighted by Gasteiger charge is -1.86. The van der Waals surface area contributed by atoms with E-state index in [4.69, 9.17) is 5.73 Å². The van der Waals surface area contributed by atoms with Gasteiger partial charge in [0.15, 0.2) is 0 Å². The first kappa shape index (κ1) is 14.2. The Morgan fingerprint density at radius 3 is 1.92 bits per heavy atom. The van der Waals surface area contributed by atoms with E-state index in [0.717, 1.165) is 12.5 Å². The summed E-state index contributed by atoms with van der Waals surface area (Å²) in [6.07, 6.45) is 7.99. The lowest BCUT2D eigenvalue weighted by Crippen LogP contribution is -1.96. The Hall–Kier alpha value is -0.300. The molecule has 0 saturated carbocycles. The maximum Gasteiger partial charge on any atom is -0.00773 e. The number of hydrogen-bond donors (Lipinski definition) is 1. The maximum atomic E-state index is 5.21. The summed E-state index contributed by atoms with van der Waals surface area (Å²) in [4.78, 5) is 0. The van der Waals surface area contributed by atoms with Crippen LogP contribution in [0.1, 0.15) is 47.0 Å². The zero-order chi connectivity index (χ0) is 9.82. The van der Waals surface area contributed by atoms with E-state index < -0.39 is 0 Å². The van der Waals surface area contributed by atoms with Gasteiger partial charge in [0.1, 0.15) is 0 Å². The van der Waals surface area contributed by atoms with Gasteiger partial charge in [-0.05, 0) is 25.8 Å². The van der Waals surface area contributed by atoms with E-state index in [9.17, 15) is 0 Å². The summed E-state index contributed by atoms with van der Waals surface area (Å²) in [5.74, 6) is 0.718. The molecule has 1 heteroatoms. The fourth-order valence-corrected chi connectivity index (χ4v) is 0.779. The molecule has 0 rings (SSSR count). The highest BCUT2D eigenvalue weighted by molar-refractivity contribution is 4.79. The van der Waals surface area contributed by atoms with Gasteiger partial charge in [0.05, 0.1) is 0 Å². The molecule has 12 heavy (non-hydrogen) atoms. The van der Waals surface area contributed by atoms with Crippen LogP contribution in [0.4, 0.5) is 0 Å². The molecule has 0 atom stereocenters. The minimum Gasteiger partial charge on any atom is -0.330 e. The van der Waals surface area contributed by atoms with Gasteiger partial charge >= 0.3 is 0 Å². The minimum atomic E-state index is 0.718. The third-order valence-electron chi connectivity index (χ3n) is 1.39. The Bertz CT molecular complexity index is 81.0. The van der Waals surface area contributed by atoms with Crippen LogP contribution in [0.15, 0.2) is 12.2 Å². The summed E-state index contributed by atoms with van der Waals surface area (Å²) in [5.41, 5.74) is 5.21. The summed E-state index contributed by atoms with van der Waals surface area (Å²) >= 11 is 0. The van der Waals surface area contributed by atoms with Crippen molar-refractivity contribution in [3.63, 3.8) is 0 Å². The van der Waals surface area contributed by atoms with E-state index in [0.29, 0.717) is 0 Å². The molecule has 0 bridgehead atoms. The molecule has 0 saturated heterocycles. The average Bonchev–Trinajstić information content (AvgIpc) is 2.02. The summed E-state index contributed by atoms with van der Waals surface area (Å²) in [6.45, 7) is 9.41. The summed E-state index contributed by atoms with van der Waals surface area (Å²) in [7, 11) is 0. The van der Waals surface area contributed by atoms with Gasteiger partial charge in [-0.15, -0.1) is 0 Å². The summed E-state index contributed by atoms with van der Waals surface area (Å²) < 4.78 is 0. The largest absolute Gasteiger partial charge is 0.330 e. The molecule has 0 aromatic carbocycles. The fraction of sp³-hybridized carbons (Fsp3) is 0.818. The number of rotatable bonds is 4. The van der Waals surface area contributed by atoms with Crippen molar-refractivity contribution in [2.75, 3.05) is 6.54 Å². The third kappa shape index (κ3) is 22.6. The minimum absolute atomic E-state index is 0.718. The SMILES string of the molecule is CC=CC(C)C.CCCCCN. The molecule has 0 radical (unpaired) electrons. The first-order valence-corrected chi connectivity index (χ1v) is 5.01. The highest BCUT2D eigenvalue weighted by Gasteiger charge is 1.76. The predicted octanol–water partition coefficient (Wildman–Crippen LogP) is 3.35. The van der Waals surface area contributed by atoms with Crippen molar-refractivity contribution in [2.45, 2.75) is 47.0 Å². The number of allylic oxidation sites excluding steroid dienone is 2. The van der Waals surface area contributed by atoms with Gasteiger partial charge in [-0.3, -0.25) is 0 Å². The molecule has 0 spiro atoms. The van der Waals surface area contributed by atoms with E-state index in [1.807, 2.05) is 6.92 Å². The molecule has 0 aliphatic heterocycles. The van der Waals surface area contributed by atoms with Gasteiger partial charge < -0.3 is 5.73 Å². The van der Waals surface area contributed by atoms with Gasteiger partial charge in [0.2, 0.25) is 0 Å². The molecular formula is C11H25N. The van der Waals surface area contributed by atoms with Crippen LogP contribution in [0.3, 0.4) is 0 Å². The highest BCUT2D eigenvalue weighted by atomic mass is 14.5. The molecule has 0 amide bonds. The predicted molar refractivity (Wildman–Crippen MR) is 58.2 cm³/mol. The zero-order valence-corrected chi connectivity index (χ0v) is 9.14. The number of hydrogen-bond acceptors (Lipinski definition) is 1. The zero-order valence-electron chi connectivity index (χ0n) is 9.14. The standard InChI is InChI=1S/C6H12.C5H13N/c1-4-5-6(2)3;1-2-3-4-5-6/h4-6H,1-3H3;2-6H2,1H3. The molecule has 0 aliphatic carbocycles. The molecular weight excluding hydrogens is 146 g/mol. The van der Waals surface area contributed by atoms with Gasteiger partial charge in [-0.2, -0.15) is 0 Å². The Morgan fingerprint density at radius 2 is 1.83 bits per heavy atom. The van der Waals surface area contributed by atoms with Gasteiger partial charge in [0, 0.05) is 0 Å². The monoisotopic (exact) mass is 171 g/mol. The van der Waals surface area contributed by atoms with E-state index in [2.05, 4.69) is 32.9 Å². The lowest BCUT2D eigenvalue weighted by atomic mass is 10.2. The molecule has 1 nitrogen and oxygen atoms in total. The first-order chi connectivity index (χ1) is 5.68. The number of nitrogens with two attached hydrogens (primary N) is 1. The van der Waals surface area contributed by atoms with Crippen molar-refractivity contribution in [3.05, 3.63) is 12.2 Å². The Labute approximate surface area is 78.0 Å². The third-order valence-corrected chi connectivity index (χ3v) is 1.39. The maximum absolute atomic E-state index is 5.21. The average molecular weight is 171 g/mol. The molecule has 0 aliphatic rings. The molecule has 74 valence electrons. The quantitative estimate of drug-likeness (QED) is 0.509. The normalized spacial score (nSPS) is 10.2. The Morgan fingerprint density at radius 1 is 1.25 bits per heavy atom. The lowest BCUT2D eigenvalue weighted by molar-refractivity contribution is 0.727. The van der Waals surface area contributed by atoms with Crippen LogP contribution in [0.25, 0.3) is 0 Å². The molecule has 0 fully saturated rings. The van der Waals surface area contributed by atoms with Crippen molar-refractivity contribution in [2.24, 2.45) is 11.7 Å². The topological polar surface area (TPSA) is 26.0 Å². The van der Waals surface area contributed by atoms with Crippen LogP contribution >= 0.6 is 0 Å². The van der Waals surface area contributed by atoms with Crippen molar-refractivity contribution in [1.82, 2.24) is 0 Å². The van der Waals surface area contributed by atoms with Crippen molar-refractivity contribution < 1.29 is 0 Å². The first-order valence-electron chi connectivity index (χ1n) is 5.01. The van der Waals surface area contributed by atoms with Crippen LogP contribution in [0.2, 0.25) is 0 Å². The second kappa shape index (κ2) is 13.3. The molecule has 2 N–H and O–H groups in total. The second-order valence-electron chi connectivity index (χ2n) is 3.27. The van der Waals surface area contributed by atoms with Crippen molar-refractivity contribution in [3.8, 4) is 0 Å².